The van der Waals surface area contributed by atoms with Gasteiger partial charge in [-0.05, 0) is 17.5 Å². The van der Waals surface area contributed by atoms with Gasteiger partial charge in [-0.1, -0.05) is 24.3 Å². The second-order valence-corrected chi connectivity index (χ2v) is 5.60. The highest BCUT2D eigenvalue weighted by atomic mass is 16.5. The first kappa shape index (κ1) is 14.0. The Morgan fingerprint density at radius 2 is 2.00 bits per heavy atom. The maximum absolute atomic E-state index is 10.4. The molecule has 110 valence electrons. The fourth-order valence-electron chi connectivity index (χ4n) is 3.39. The van der Waals surface area contributed by atoms with E-state index in [0.29, 0.717) is 6.54 Å². The van der Waals surface area contributed by atoms with Crippen LogP contribution < -0.4 is 5.73 Å². The summed E-state index contributed by atoms with van der Waals surface area (Å²) in [6.45, 7) is 1.88. The van der Waals surface area contributed by atoms with Crippen molar-refractivity contribution in [3.63, 3.8) is 0 Å². The van der Waals surface area contributed by atoms with Gasteiger partial charge in [0, 0.05) is 19.6 Å². The number of hydrogen-bond acceptors (Lipinski definition) is 5. The number of benzene rings is 1. The van der Waals surface area contributed by atoms with Crippen LogP contribution in [0.15, 0.2) is 24.3 Å². The van der Waals surface area contributed by atoms with Crippen molar-refractivity contribution in [2.24, 2.45) is 5.73 Å². The lowest BCUT2D eigenvalue weighted by atomic mass is 9.95. The largest absolute Gasteiger partial charge is 0.394 e. The van der Waals surface area contributed by atoms with Gasteiger partial charge in [0.25, 0.3) is 0 Å². The quantitative estimate of drug-likeness (QED) is 0.694. The summed E-state index contributed by atoms with van der Waals surface area (Å²) in [6.07, 6.45) is -0.447. The summed E-state index contributed by atoms with van der Waals surface area (Å²) in [6, 6.07) is 8.26. The number of fused-ring (bicyclic) bond motifs is 1. The second kappa shape index (κ2) is 5.79. The van der Waals surface area contributed by atoms with Gasteiger partial charge >= 0.3 is 0 Å². The minimum Gasteiger partial charge on any atom is -0.394 e. The number of aliphatic hydroxyl groups excluding tert-OH is 2. The topological polar surface area (TPSA) is 79.0 Å². The van der Waals surface area contributed by atoms with Crippen molar-refractivity contribution in [2.45, 2.75) is 37.3 Å². The van der Waals surface area contributed by atoms with Crippen molar-refractivity contribution in [2.75, 3.05) is 19.7 Å². The minimum atomic E-state index is -0.682. The maximum atomic E-state index is 10.4. The molecule has 0 aromatic heterocycles. The molecule has 4 atom stereocenters. The average Bonchev–Trinajstić information content (AvgIpc) is 2.82. The van der Waals surface area contributed by atoms with E-state index in [1.807, 2.05) is 6.07 Å². The lowest BCUT2D eigenvalue weighted by Crippen LogP contribution is -2.51. The van der Waals surface area contributed by atoms with E-state index in [9.17, 15) is 10.2 Å². The summed E-state index contributed by atoms with van der Waals surface area (Å²) in [4.78, 5) is 2.24. The minimum absolute atomic E-state index is 0.134. The Hall–Kier alpha value is -0.980. The van der Waals surface area contributed by atoms with E-state index >= 15 is 0 Å². The summed E-state index contributed by atoms with van der Waals surface area (Å²) >= 11 is 0. The van der Waals surface area contributed by atoms with Gasteiger partial charge in [0.1, 0.15) is 12.2 Å². The molecule has 0 saturated carbocycles. The third kappa shape index (κ3) is 2.36. The van der Waals surface area contributed by atoms with Crippen LogP contribution in [0.4, 0.5) is 0 Å². The van der Waals surface area contributed by atoms with E-state index in [4.69, 9.17) is 10.5 Å². The molecule has 3 rings (SSSR count). The van der Waals surface area contributed by atoms with Gasteiger partial charge in [-0.2, -0.15) is 0 Å². The van der Waals surface area contributed by atoms with E-state index in [1.165, 1.54) is 11.1 Å². The van der Waals surface area contributed by atoms with Gasteiger partial charge < -0.3 is 20.7 Å². The van der Waals surface area contributed by atoms with Gasteiger partial charge in [-0.3, -0.25) is 4.90 Å². The molecule has 4 N–H and O–H groups in total. The van der Waals surface area contributed by atoms with Crippen LogP contribution in [0.25, 0.3) is 0 Å². The number of nitrogens with two attached hydrogens (primary N) is 1. The fraction of sp³-hybridized carbons (Fsp3) is 0.600. The van der Waals surface area contributed by atoms with Gasteiger partial charge in [0.05, 0.1) is 18.8 Å². The molecule has 2 aliphatic rings. The molecule has 2 heterocycles. The van der Waals surface area contributed by atoms with Crippen LogP contribution in [-0.4, -0.2) is 59.2 Å². The third-order valence-electron chi connectivity index (χ3n) is 4.46. The molecule has 0 aliphatic carbocycles. The molecule has 0 radical (unpaired) electrons. The van der Waals surface area contributed by atoms with Crippen molar-refractivity contribution >= 4 is 0 Å². The Morgan fingerprint density at radius 3 is 2.70 bits per heavy atom. The second-order valence-electron chi connectivity index (χ2n) is 5.60. The molecule has 1 saturated heterocycles. The van der Waals surface area contributed by atoms with Crippen molar-refractivity contribution < 1.29 is 14.9 Å². The molecular weight excluding hydrogens is 256 g/mol. The first-order valence-electron chi connectivity index (χ1n) is 7.20. The molecule has 1 aromatic rings. The molecule has 5 heteroatoms. The molecule has 5 nitrogen and oxygen atoms in total. The zero-order chi connectivity index (χ0) is 14.1. The maximum Gasteiger partial charge on any atom is 0.109 e. The first-order valence-corrected chi connectivity index (χ1v) is 7.20. The van der Waals surface area contributed by atoms with Gasteiger partial charge in [0.2, 0.25) is 0 Å². The van der Waals surface area contributed by atoms with E-state index < -0.39 is 12.2 Å². The van der Waals surface area contributed by atoms with Gasteiger partial charge in [0.15, 0.2) is 0 Å². The van der Waals surface area contributed by atoms with E-state index in [0.717, 1.165) is 19.5 Å². The molecule has 0 amide bonds. The summed E-state index contributed by atoms with van der Waals surface area (Å²) in [7, 11) is 0. The number of ether oxygens (including phenoxy) is 1. The van der Waals surface area contributed by atoms with Crippen LogP contribution in [0.3, 0.4) is 0 Å². The van der Waals surface area contributed by atoms with Crippen LogP contribution in [0.1, 0.15) is 11.1 Å². The monoisotopic (exact) mass is 278 g/mol. The van der Waals surface area contributed by atoms with Crippen molar-refractivity contribution in [3.8, 4) is 0 Å². The predicted octanol–water partition coefficient (Wildman–Crippen LogP) is -0.507. The molecular formula is C15H22N2O3. The van der Waals surface area contributed by atoms with E-state index in [2.05, 4.69) is 23.1 Å². The summed E-state index contributed by atoms with van der Waals surface area (Å²) < 4.78 is 5.66. The lowest BCUT2D eigenvalue weighted by molar-refractivity contribution is -0.0193. The highest BCUT2D eigenvalue weighted by molar-refractivity contribution is 5.29. The van der Waals surface area contributed by atoms with Gasteiger partial charge in [-0.25, -0.2) is 0 Å². The molecule has 0 bridgehead atoms. The number of rotatable bonds is 3. The van der Waals surface area contributed by atoms with Crippen LogP contribution >= 0.6 is 0 Å². The number of hydrogen-bond donors (Lipinski definition) is 3. The van der Waals surface area contributed by atoms with Crippen molar-refractivity contribution in [1.82, 2.24) is 4.90 Å². The standard InChI is InChI=1S/C15H22N2O3/c16-7-12-14(15(19)13(9-18)20-12)17-6-5-10-3-1-2-4-11(10)8-17/h1-4,12-15,18-19H,5-9,16H2. The Morgan fingerprint density at radius 1 is 1.25 bits per heavy atom. The molecule has 1 aromatic carbocycles. The third-order valence-corrected chi connectivity index (χ3v) is 4.46. The Balaban J connectivity index is 1.79. The lowest BCUT2D eigenvalue weighted by Gasteiger charge is -2.36. The Kier molecular flexibility index (Phi) is 4.05. The number of aliphatic hydroxyl groups is 2. The summed E-state index contributed by atoms with van der Waals surface area (Å²) in [5.74, 6) is 0. The van der Waals surface area contributed by atoms with Crippen molar-refractivity contribution in [3.05, 3.63) is 35.4 Å². The first-order chi connectivity index (χ1) is 9.74. The summed E-state index contributed by atoms with van der Waals surface area (Å²) in [5, 5.41) is 19.6. The molecule has 4 unspecified atom stereocenters. The van der Waals surface area contributed by atoms with Crippen LogP contribution in [0.5, 0.6) is 0 Å². The van der Waals surface area contributed by atoms with E-state index in [1.54, 1.807) is 0 Å². The van der Waals surface area contributed by atoms with Crippen molar-refractivity contribution in [1.29, 1.82) is 0 Å². The molecule has 1 fully saturated rings. The highest BCUT2D eigenvalue weighted by Crippen LogP contribution is 2.29. The predicted molar refractivity (Wildman–Crippen MR) is 75.2 cm³/mol. The SMILES string of the molecule is NCC1OC(CO)C(O)C1N1CCc2ccccc2C1. The smallest absolute Gasteiger partial charge is 0.109 e. The van der Waals surface area contributed by atoms with Crippen LogP contribution in [-0.2, 0) is 17.7 Å². The fourth-order valence-corrected chi connectivity index (χ4v) is 3.39. The van der Waals surface area contributed by atoms with E-state index in [-0.39, 0.29) is 18.8 Å². The molecule has 0 spiro atoms. The van der Waals surface area contributed by atoms with Crippen LogP contribution in [0.2, 0.25) is 0 Å². The zero-order valence-electron chi connectivity index (χ0n) is 11.5. The normalized spacial score (nSPS) is 34.1. The van der Waals surface area contributed by atoms with Gasteiger partial charge in [-0.15, -0.1) is 0 Å². The summed E-state index contributed by atoms with van der Waals surface area (Å²) in [5.41, 5.74) is 8.44. The number of nitrogens with zero attached hydrogens (tertiary/aromatic N) is 1. The highest BCUT2D eigenvalue weighted by Gasteiger charge is 2.46. The Bertz CT molecular complexity index is 466. The molecule has 2 aliphatic heterocycles. The molecule has 20 heavy (non-hydrogen) atoms. The zero-order valence-corrected chi connectivity index (χ0v) is 11.5. The Labute approximate surface area is 119 Å². The average molecular weight is 278 g/mol. The van der Waals surface area contributed by atoms with Crippen LogP contribution in [0, 0.1) is 0 Å².